The number of allylic oxidation sites excluding steroid dienone is 1. The maximum Gasteiger partial charge on any atom is 0.319 e. The minimum Gasteiger partial charge on any atom is -0.480 e. The first kappa shape index (κ1) is 19.3. The predicted octanol–water partition coefficient (Wildman–Crippen LogP) is 4.59. The van der Waals surface area contributed by atoms with Gasteiger partial charge < -0.3 is 5.11 Å². The first-order valence-corrected chi connectivity index (χ1v) is 7.23. The molecule has 0 radical (unpaired) electrons. The molecule has 0 aliphatic heterocycles. The molecule has 0 saturated heterocycles. The van der Waals surface area contributed by atoms with Gasteiger partial charge in [-0.3, -0.25) is 4.79 Å². The molecule has 17 heavy (non-hydrogen) atoms. The highest BCUT2D eigenvalue weighted by Gasteiger charge is 2.30. The Morgan fingerprint density at radius 2 is 1.59 bits per heavy atom. The number of carboxylic acids is 1. The van der Waals surface area contributed by atoms with Crippen molar-refractivity contribution in [1.82, 2.24) is 0 Å². The van der Waals surface area contributed by atoms with E-state index in [1.54, 1.807) is 19.9 Å². The molecular weight excluding hydrogens is 272 g/mol. The number of carbonyl (C=O) groups is 1. The highest BCUT2D eigenvalue weighted by Crippen LogP contribution is 2.36. The van der Waals surface area contributed by atoms with Gasteiger partial charge >= 0.3 is 5.97 Å². The van der Waals surface area contributed by atoms with E-state index in [-0.39, 0.29) is 4.75 Å². The second-order valence-electron chi connectivity index (χ2n) is 4.79. The van der Waals surface area contributed by atoms with Gasteiger partial charge in [-0.05, 0) is 20.8 Å². The van der Waals surface area contributed by atoms with Crippen molar-refractivity contribution in [3.05, 3.63) is 12.7 Å². The zero-order valence-corrected chi connectivity index (χ0v) is 13.8. The molecule has 0 unspecified atom stereocenters. The van der Waals surface area contributed by atoms with Gasteiger partial charge in [-0.15, -0.1) is 18.3 Å². The summed E-state index contributed by atoms with van der Waals surface area (Å²) in [5.74, 6) is -0.834. The topological polar surface area (TPSA) is 37.3 Å². The summed E-state index contributed by atoms with van der Waals surface area (Å²) in [5.41, 5.74) is 0. The summed E-state index contributed by atoms with van der Waals surface area (Å²) in [6.45, 7) is 14.7. The molecule has 0 heterocycles. The molecule has 1 N–H and O–H groups in total. The first-order chi connectivity index (χ1) is 7.46. The van der Waals surface area contributed by atoms with Crippen LogP contribution in [0.5, 0.6) is 0 Å². The molecule has 0 fully saturated rings. The van der Waals surface area contributed by atoms with E-state index in [0.717, 1.165) is 0 Å². The van der Waals surface area contributed by atoms with Crippen molar-refractivity contribution in [2.45, 2.75) is 51.0 Å². The number of hydrogen-bond donors (Lipinski definition) is 1. The van der Waals surface area contributed by atoms with Crippen LogP contribution in [0.4, 0.5) is 0 Å². The maximum atomic E-state index is 10.8. The maximum absolute atomic E-state index is 10.8. The van der Waals surface area contributed by atoms with Crippen LogP contribution in [0.3, 0.4) is 0 Å². The Hall–Kier alpha value is -0.000000000000000111. The van der Waals surface area contributed by atoms with E-state index in [9.17, 15) is 4.79 Å². The molecule has 0 aromatic rings. The number of thioether (sulfide) groups is 2. The Labute approximate surface area is 119 Å². The first-order valence-electron chi connectivity index (χ1n) is 5.18. The molecular formula is C12H22O2S3. The summed E-state index contributed by atoms with van der Waals surface area (Å²) < 4.78 is -0.113. The minimum absolute atomic E-state index is 0.0403. The van der Waals surface area contributed by atoms with E-state index in [1.807, 2.05) is 6.92 Å². The molecule has 0 spiro atoms. The third-order valence-electron chi connectivity index (χ3n) is 1.24. The molecule has 0 atom stereocenters. The van der Waals surface area contributed by atoms with Crippen LogP contribution in [0, 0.1) is 0 Å². The van der Waals surface area contributed by atoms with Gasteiger partial charge in [-0.1, -0.05) is 50.8 Å². The van der Waals surface area contributed by atoms with E-state index in [1.165, 1.54) is 23.5 Å². The third-order valence-corrected chi connectivity index (χ3v) is 3.87. The Balaban J connectivity index is 0. The van der Waals surface area contributed by atoms with Gasteiger partial charge in [0.1, 0.15) is 8.28 Å². The average molecular weight is 295 g/mol. The van der Waals surface area contributed by atoms with Crippen LogP contribution >= 0.6 is 35.7 Å². The molecule has 0 aliphatic carbocycles. The summed E-state index contributed by atoms with van der Waals surface area (Å²) in [7, 11) is 0. The molecule has 0 aromatic heterocycles. The summed E-state index contributed by atoms with van der Waals surface area (Å²) in [6, 6.07) is 0. The van der Waals surface area contributed by atoms with Crippen molar-refractivity contribution in [2.24, 2.45) is 0 Å². The number of aliphatic carboxylic acids is 1. The molecule has 100 valence electrons. The lowest BCUT2D eigenvalue weighted by molar-refractivity contribution is -0.138. The molecule has 2 nitrogen and oxygen atoms in total. The van der Waals surface area contributed by atoms with Crippen LogP contribution < -0.4 is 0 Å². The molecule has 0 bridgehead atoms. The monoisotopic (exact) mass is 294 g/mol. The Morgan fingerprint density at radius 3 is 1.82 bits per heavy atom. The van der Waals surface area contributed by atoms with E-state index >= 15 is 0 Å². The molecule has 0 rings (SSSR count). The Morgan fingerprint density at radius 1 is 1.24 bits per heavy atom. The van der Waals surface area contributed by atoms with Crippen molar-refractivity contribution in [1.29, 1.82) is 0 Å². The van der Waals surface area contributed by atoms with Crippen LogP contribution in [-0.4, -0.2) is 24.1 Å². The van der Waals surface area contributed by atoms with Gasteiger partial charge in [0.25, 0.3) is 0 Å². The average Bonchev–Trinajstić information content (AvgIpc) is 1.99. The lowest BCUT2D eigenvalue weighted by atomic mass is 10.2. The summed E-state index contributed by atoms with van der Waals surface area (Å²) >= 11 is 7.90. The summed E-state index contributed by atoms with van der Waals surface area (Å²) in [4.78, 5) is 10.8. The second kappa shape index (κ2) is 8.16. The molecule has 0 aliphatic rings. The van der Waals surface area contributed by atoms with Crippen molar-refractivity contribution in [3.63, 3.8) is 0 Å². The number of hydrogen-bond acceptors (Lipinski definition) is 4. The van der Waals surface area contributed by atoms with Crippen molar-refractivity contribution < 1.29 is 9.90 Å². The van der Waals surface area contributed by atoms with E-state index in [2.05, 4.69) is 27.4 Å². The van der Waals surface area contributed by atoms with Gasteiger partial charge in [0, 0.05) is 4.75 Å². The number of thiocarbonyl (C=S) groups is 1. The number of rotatable bonds is 2. The van der Waals surface area contributed by atoms with Gasteiger partial charge in [0.05, 0.1) is 0 Å². The standard InChI is InChI=1S/C9H16O2S3.C3H6/c1-8(2,3)13-7(12)14-9(4,5)6(10)11;1-3-2/h1-5H3,(H,10,11);3H,1H2,2H3. The lowest BCUT2D eigenvalue weighted by Gasteiger charge is -2.22. The van der Waals surface area contributed by atoms with Gasteiger partial charge in [-0.25, -0.2) is 0 Å². The second-order valence-corrected chi connectivity index (χ2v) is 9.44. The molecule has 0 aromatic carbocycles. The SMILES string of the molecule is C=CC.CC(C)(C)SC(=S)SC(C)(C)C(=O)O. The quantitative estimate of drug-likeness (QED) is 0.595. The molecule has 5 heteroatoms. The zero-order chi connectivity index (χ0) is 14.3. The van der Waals surface area contributed by atoms with Crippen molar-refractivity contribution in [3.8, 4) is 0 Å². The highest BCUT2D eigenvalue weighted by molar-refractivity contribution is 8.48. The van der Waals surface area contributed by atoms with Gasteiger partial charge in [-0.2, -0.15) is 0 Å². The number of carboxylic acid groups (broad SMARTS) is 1. The largest absolute Gasteiger partial charge is 0.480 e. The van der Waals surface area contributed by atoms with Crippen molar-refractivity contribution >= 4 is 45.2 Å². The normalized spacial score (nSPS) is 11.2. The lowest BCUT2D eigenvalue weighted by Crippen LogP contribution is -2.28. The van der Waals surface area contributed by atoms with Crippen LogP contribution in [0.15, 0.2) is 12.7 Å². The van der Waals surface area contributed by atoms with Crippen LogP contribution in [0.1, 0.15) is 41.5 Å². The summed E-state index contributed by atoms with van der Waals surface area (Å²) in [6.07, 6.45) is 1.75. The Bertz CT molecular complexity index is 278. The highest BCUT2D eigenvalue weighted by atomic mass is 32.2. The molecule has 0 amide bonds. The zero-order valence-electron chi connectivity index (χ0n) is 11.4. The van der Waals surface area contributed by atoms with Crippen molar-refractivity contribution in [2.75, 3.05) is 0 Å². The fraction of sp³-hybridized carbons (Fsp3) is 0.667. The van der Waals surface area contributed by atoms with Crippen LogP contribution in [0.2, 0.25) is 0 Å². The van der Waals surface area contributed by atoms with E-state index in [4.69, 9.17) is 17.3 Å². The minimum atomic E-state index is -0.838. The predicted molar refractivity (Wildman–Crippen MR) is 85.1 cm³/mol. The van der Waals surface area contributed by atoms with Gasteiger partial charge in [0.15, 0.2) is 0 Å². The molecule has 0 saturated carbocycles. The Kier molecular flexibility index (Phi) is 9.29. The van der Waals surface area contributed by atoms with Crippen LogP contribution in [0.25, 0.3) is 0 Å². The van der Waals surface area contributed by atoms with E-state index in [0.29, 0.717) is 3.53 Å². The third kappa shape index (κ3) is 12.2. The summed E-state index contributed by atoms with van der Waals surface area (Å²) in [5, 5.41) is 8.90. The fourth-order valence-electron chi connectivity index (χ4n) is 0.523. The smallest absolute Gasteiger partial charge is 0.319 e. The van der Waals surface area contributed by atoms with E-state index < -0.39 is 10.7 Å². The van der Waals surface area contributed by atoms with Crippen LogP contribution in [-0.2, 0) is 4.79 Å². The fourth-order valence-corrected chi connectivity index (χ4v) is 4.44. The van der Waals surface area contributed by atoms with Gasteiger partial charge in [0.2, 0.25) is 0 Å².